The molecule has 1 nitrogen and oxygen atoms in total. The van der Waals surface area contributed by atoms with Crippen molar-refractivity contribution in [2.75, 3.05) is 5.32 Å². The molecule has 1 heterocycles. The third-order valence-corrected chi connectivity index (χ3v) is 4.97. The molecule has 0 fully saturated rings. The molecule has 0 saturated carbocycles. The topological polar surface area (TPSA) is 12.0 Å². The molecule has 0 amide bonds. The summed E-state index contributed by atoms with van der Waals surface area (Å²) in [5.41, 5.74) is 6.03. The molecule has 20 heavy (non-hydrogen) atoms. The fourth-order valence-electron chi connectivity index (χ4n) is 4.00. The molecule has 2 aromatic rings. The van der Waals surface area contributed by atoms with E-state index >= 15 is 0 Å². The van der Waals surface area contributed by atoms with Crippen molar-refractivity contribution in [3.63, 3.8) is 0 Å². The molecular formula is C19H21N. The van der Waals surface area contributed by atoms with Gasteiger partial charge in [0.1, 0.15) is 0 Å². The summed E-state index contributed by atoms with van der Waals surface area (Å²) < 4.78 is 0. The van der Waals surface area contributed by atoms with E-state index in [1.807, 2.05) is 0 Å². The van der Waals surface area contributed by atoms with Gasteiger partial charge in [-0.15, -0.1) is 0 Å². The van der Waals surface area contributed by atoms with E-state index in [4.69, 9.17) is 0 Å². The molecule has 0 spiro atoms. The first-order valence-electron chi connectivity index (χ1n) is 7.74. The number of benzene rings is 2. The molecule has 3 unspecified atom stereocenters. The van der Waals surface area contributed by atoms with Crippen molar-refractivity contribution in [3.05, 3.63) is 65.2 Å². The number of hydrogen-bond donors (Lipinski definition) is 1. The van der Waals surface area contributed by atoms with Gasteiger partial charge in [-0.05, 0) is 60.8 Å². The van der Waals surface area contributed by atoms with Crippen LogP contribution < -0.4 is 5.32 Å². The Labute approximate surface area is 121 Å². The van der Waals surface area contributed by atoms with Crippen LogP contribution in [-0.2, 0) is 6.42 Å². The van der Waals surface area contributed by atoms with Gasteiger partial charge in [0.2, 0.25) is 0 Å². The molecule has 1 aliphatic carbocycles. The van der Waals surface area contributed by atoms with E-state index in [0.717, 1.165) is 5.92 Å². The van der Waals surface area contributed by atoms with Crippen molar-refractivity contribution in [3.8, 4) is 0 Å². The van der Waals surface area contributed by atoms with E-state index in [9.17, 15) is 0 Å². The van der Waals surface area contributed by atoms with E-state index in [2.05, 4.69) is 60.8 Å². The van der Waals surface area contributed by atoms with E-state index in [0.29, 0.717) is 12.0 Å². The highest BCUT2D eigenvalue weighted by molar-refractivity contribution is 5.56. The molecule has 1 heteroatoms. The summed E-state index contributed by atoms with van der Waals surface area (Å²) in [5.74, 6) is 1.48. The first-order chi connectivity index (χ1) is 9.81. The van der Waals surface area contributed by atoms with Gasteiger partial charge in [0.05, 0.1) is 0 Å². The number of rotatable bonds is 2. The Hall–Kier alpha value is -1.76. The van der Waals surface area contributed by atoms with Crippen LogP contribution in [0.1, 0.15) is 48.3 Å². The average molecular weight is 263 g/mol. The molecule has 3 atom stereocenters. The number of nitrogens with one attached hydrogen (secondary N) is 1. The predicted octanol–water partition coefficient (Wildman–Crippen LogP) is 4.70. The van der Waals surface area contributed by atoms with Crippen LogP contribution in [0, 0.1) is 0 Å². The van der Waals surface area contributed by atoms with Crippen molar-refractivity contribution < 1.29 is 0 Å². The zero-order valence-electron chi connectivity index (χ0n) is 12.0. The fourth-order valence-corrected chi connectivity index (χ4v) is 4.00. The van der Waals surface area contributed by atoms with Crippen LogP contribution in [0.5, 0.6) is 0 Å². The normalized spacial score (nSPS) is 26.9. The fraction of sp³-hybridized carbons (Fsp3) is 0.368. The molecule has 4 rings (SSSR count). The van der Waals surface area contributed by atoms with Crippen molar-refractivity contribution in [1.82, 2.24) is 0 Å². The summed E-state index contributed by atoms with van der Waals surface area (Å²) in [7, 11) is 0. The van der Waals surface area contributed by atoms with E-state index < -0.39 is 0 Å². The van der Waals surface area contributed by atoms with Crippen molar-refractivity contribution in [2.45, 2.75) is 44.1 Å². The largest absolute Gasteiger partial charge is 0.382 e. The second-order valence-electron chi connectivity index (χ2n) is 6.40. The van der Waals surface area contributed by atoms with Crippen LogP contribution >= 0.6 is 0 Å². The van der Waals surface area contributed by atoms with Crippen LogP contribution in [0.3, 0.4) is 0 Å². The quantitative estimate of drug-likeness (QED) is 0.827. The first-order valence-corrected chi connectivity index (χ1v) is 7.74. The average Bonchev–Trinajstić information content (AvgIpc) is 2.44. The zero-order valence-corrected chi connectivity index (χ0v) is 12.0. The molecule has 0 saturated heterocycles. The summed E-state index contributed by atoms with van der Waals surface area (Å²) in [6.45, 7) is 2.30. The number of hydrogen-bond acceptors (Lipinski definition) is 1. The van der Waals surface area contributed by atoms with Gasteiger partial charge >= 0.3 is 0 Å². The maximum Gasteiger partial charge on any atom is 0.0377 e. The van der Waals surface area contributed by atoms with Crippen molar-refractivity contribution in [1.29, 1.82) is 0 Å². The molecule has 1 N–H and O–H groups in total. The predicted molar refractivity (Wildman–Crippen MR) is 84.4 cm³/mol. The van der Waals surface area contributed by atoms with Gasteiger partial charge in [-0.25, -0.2) is 0 Å². The Morgan fingerprint density at radius 2 is 1.70 bits per heavy atom. The lowest BCUT2D eigenvalue weighted by atomic mass is 9.70. The number of para-hydroxylation sites is 1. The van der Waals surface area contributed by atoms with Crippen LogP contribution in [0.4, 0.5) is 5.69 Å². The van der Waals surface area contributed by atoms with Crippen LogP contribution in [0.25, 0.3) is 0 Å². The lowest BCUT2D eigenvalue weighted by Gasteiger charge is -2.37. The van der Waals surface area contributed by atoms with Gasteiger partial charge < -0.3 is 5.32 Å². The zero-order chi connectivity index (χ0) is 13.5. The molecule has 0 radical (unpaired) electrons. The Balaban J connectivity index is 1.59. The van der Waals surface area contributed by atoms with Gasteiger partial charge in [-0.3, -0.25) is 0 Å². The van der Waals surface area contributed by atoms with E-state index in [1.54, 1.807) is 11.1 Å². The minimum absolute atomic E-state index is 0.588. The molecule has 0 bridgehead atoms. The third kappa shape index (κ3) is 1.93. The van der Waals surface area contributed by atoms with Crippen molar-refractivity contribution in [2.24, 2.45) is 0 Å². The smallest absolute Gasteiger partial charge is 0.0377 e. The van der Waals surface area contributed by atoms with Gasteiger partial charge in [-0.2, -0.15) is 0 Å². The highest BCUT2D eigenvalue weighted by Crippen LogP contribution is 2.45. The lowest BCUT2D eigenvalue weighted by molar-refractivity contribution is 0.446. The summed E-state index contributed by atoms with van der Waals surface area (Å²) in [4.78, 5) is 0. The molecule has 1 aliphatic heterocycles. The minimum atomic E-state index is 0.588. The van der Waals surface area contributed by atoms with E-state index in [1.165, 1.54) is 30.5 Å². The Bertz CT molecular complexity index is 631. The monoisotopic (exact) mass is 263 g/mol. The summed E-state index contributed by atoms with van der Waals surface area (Å²) in [6.07, 6.45) is 3.84. The van der Waals surface area contributed by atoms with Gasteiger partial charge in [0.15, 0.2) is 0 Å². The molecule has 2 aromatic carbocycles. The minimum Gasteiger partial charge on any atom is -0.382 e. The van der Waals surface area contributed by atoms with Crippen LogP contribution in [0.2, 0.25) is 0 Å². The lowest BCUT2D eigenvalue weighted by Crippen LogP contribution is -2.28. The standard InChI is InChI=1S/C19H21N/c1-13-10-15(18-8-4-5-9-19(18)20-13)12-16-11-14-6-2-3-7-17(14)16/h2-9,13,15-16,20H,10-12H2,1H3. The molecule has 0 aromatic heterocycles. The van der Waals surface area contributed by atoms with Crippen molar-refractivity contribution >= 4 is 5.69 Å². The maximum atomic E-state index is 3.62. The van der Waals surface area contributed by atoms with Crippen LogP contribution in [-0.4, -0.2) is 6.04 Å². The molecule has 2 aliphatic rings. The van der Waals surface area contributed by atoms with Gasteiger partial charge in [0.25, 0.3) is 0 Å². The highest BCUT2D eigenvalue weighted by Gasteiger charge is 2.31. The molecular weight excluding hydrogens is 242 g/mol. The number of fused-ring (bicyclic) bond motifs is 2. The van der Waals surface area contributed by atoms with Gasteiger partial charge in [0, 0.05) is 11.7 Å². The second-order valence-corrected chi connectivity index (χ2v) is 6.40. The first kappa shape index (κ1) is 12.0. The third-order valence-electron chi connectivity index (χ3n) is 4.97. The summed E-state index contributed by atoms with van der Waals surface area (Å²) in [5, 5.41) is 3.62. The number of anilines is 1. The Morgan fingerprint density at radius 3 is 2.55 bits per heavy atom. The maximum absolute atomic E-state index is 3.62. The SMILES string of the molecule is CC1CC(CC2Cc3ccccc32)c2ccccc2N1. The van der Waals surface area contributed by atoms with E-state index in [-0.39, 0.29) is 0 Å². The second kappa shape index (κ2) is 4.66. The summed E-state index contributed by atoms with van der Waals surface area (Å²) >= 11 is 0. The molecule has 102 valence electrons. The van der Waals surface area contributed by atoms with Gasteiger partial charge in [-0.1, -0.05) is 42.5 Å². The van der Waals surface area contributed by atoms with Crippen LogP contribution in [0.15, 0.2) is 48.5 Å². The highest BCUT2D eigenvalue weighted by atomic mass is 14.9. The Morgan fingerprint density at radius 1 is 0.950 bits per heavy atom. The summed E-state index contributed by atoms with van der Waals surface area (Å²) in [6, 6.07) is 18.4. The Kier molecular flexibility index (Phi) is 2.80.